The molecule has 0 bridgehead atoms. The van der Waals surface area contributed by atoms with E-state index in [1.54, 1.807) is 11.9 Å². The minimum absolute atomic E-state index is 0.0401. The van der Waals surface area contributed by atoms with E-state index in [-0.39, 0.29) is 18.7 Å². The van der Waals surface area contributed by atoms with E-state index in [0.717, 1.165) is 29.9 Å². The second kappa shape index (κ2) is 7.47. The summed E-state index contributed by atoms with van der Waals surface area (Å²) >= 11 is 0. The highest BCUT2D eigenvalue weighted by atomic mass is 16.7. The van der Waals surface area contributed by atoms with Crippen molar-refractivity contribution in [3.8, 4) is 11.5 Å². The van der Waals surface area contributed by atoms with Gasteiger partial charge in [-0.25, -0.2) is 0 Å². The summed E-state index contributed by atoms with van der Waals surface area (Å²) in [6.07, 6.45) is 2.12. The van der Waals surface area contributed by atoms with Crippen molar-refractivity contribution in [2.45, 2.75) is 38.3 Å². The van der Waals surface area contributed by atoms with Gasteiger partial charge < -0.3 is 25.8 Å². The number of ether oxygens (including phenoxy) is 2. The number of carbonyl (C=O) groups is 1. The van der Waals surface area contributed by atoms with Crippen molar-refractivity contribution in [1.82, 2.24) is 4.90 Å². The third-order valence-corrected chi connectivity index (χ3v) is 4.01. The van der Waals surface area contributed by atoms with E-state index in [9.17, 15) is 4.79 Å². The van der Waals surface area contributed by atoms with Crippen LogP contribution in [0.5, 0.6) is 11.5 Å². The van der Waals surface area contributed by atoms with Crippen LogP contribution < -0.4 is 20.9 Å². The van der Waals surface area contributed by atoms with E-state index in [4.69, 9.17) is 20.9 Å². The Morgan fingerprint density at radius 2 is 2.09 bits per heavy atom. The van der Waals surface area contributed by atoms with Crippen LogP contribution >= 0.6 is 0 Å². The van der Waals surface area contributed by atoms with Gasteiger partial charge in [-0.3, -0.25) is 4.79 Å². The van der Waals surface area contributed by atoms with Gasteiger partial charge >= 0.3 is 0 Å². The first-order chi connectivity index (χ1) is 10.5. The maximum absolute atomic E-state index is 12.3. The summed E-state index contributed by atoms with van der Waals surface area (Å²) in [5.41, 5.74) is 12.5. The van der Waals surface area contributed by atoms with Gasteiger partial charge in [0.25, 0.3) is 0 Å². The topological polar surface area (TPSA) is 90.8 Å². The third kappa shape index (κ3) is 3.90. The van der Waals surface area contributed by atoms with E-state index in [1.807, 2.05) is 25.1 Å². The van der Waals surface area contributed by atoms with Crippen LogP contribution in [0.25, 0.3) is 0 Å². The molecule has 1 amide bonds. The molecule has 0 aromatic heterocycles. The van der Waals surface area contributed by atoms with Crippen molar-refractivity contribution in [3.05, 3.63) is 23.8 Å². The summed E-state index contributed by atoms with van der Waals surface area (Å²) in [6, 6.07) is 5.44. The van der Waals surface area contributed by atoms with Crippen LogP contribution in [0.2, 0.25) is 0 Å². The molecule has 1 aromatic rings. The summed E-state index contributed by atoms with van der Waals surface area (Å²) in [4.78, 5) is 14.0. The zero-order chi connectivity index (χ0) is 16.1. The Morgan fingerprint density at radius 3 is 2.82 bits per heavy atom. The molecule has 1 aliphatic rings. The van der Waals surface area contributed by atoms with Gasteiger partial charge in [-0.05, 0) is 50.4 Å². The normalized spacial score (nSPS) is 15.5. The van der Waals surface area contributed by atoms with Gasteiger partial charge in [0.05, 0.1) is 6.04 Å². The molecule has 1 aliphatic heterocycles. The van der Waals surface area contributed by atoms with Crippen molar-refractivity contribution in [2.75, 3.05) is 20.4 Å². The van der Waals surface area contributed by atoms with E-state index in [1.165, 1.54) is 0 Å². The number of likely N-dealkylation sites (N-methyl/N-ethyl adjacent to an activating group) is 1. The molecule has 2 unspecified atom stereocenters. The van der Waals surface area contributed by atoms with Gasteiger partial charge in [0.1, 0.15) is 0 Å². The van der Waals surface area contributed by atoms with Crippen molar-refractivity contribution in [2.24, 2.45) is 11.5 Å². The predicted octanol–water partition coefficient (Wildman–Crippen LogP) is 0.871. The summed E-state index contributed by atoms with van der Waals surface area (Å²) in [6.45, 7) is 2.83. The van der Waals surface area contributed by atoms with Crippen molar-refractivity contribution < 1.29 is 14.3 Å². The van der Waals surface area contributed by atoms with Gasteiger partial charge in [-0.15, -0.1) is 0 Å². The number of hydrogen-bond acceptors (Lipinski definition) is 5. The highest BCUT2D eigenvalue weighted by molar-refractivity contribution is 5.81. The maximum Gasteiger partial charge on any atom is 0.239 e. The standard InChI is InChI=1S/C16H25N3O3/c1-11(19(2)16(20)13(18)4-3-7-17)8-12-5-6-14-15(9-12)22-10-21-14/h5-6,9,11,13H,3-4,7-8,10,17-18H2,1-2H3. The fraction of sp³-hybridized carbons (Fsp3) is 0.562. The lowest BCUT2D eigenvalue weighted by atomic mass is 10.0. The maximum atomic E-state index is 12.3. The molecular formula is C16H25N3O3. The largest absolute Gasteiger partial charge is 0.454 e. The van der Waals surface area contributed by atoms with Crippen molar-refractivity contribution in [1.29, 1.82) is 0 Å². The first-order valence-electron chi connectivity index (χ1n) is 7.63. The second-order valence-corrected chi connectivity index (χ2v) is 5.73. The van der Waals surface area contributed by atoms with Gasteiger partial charge in [0.2, 0.25) is 12.7 Å². The van der Waals surface area contributed by atoms with Crippen LogP contribution in [-0.4, -0.2) is 43.3 Å². The summed E-state index contributed by atoms with van der Waals surface area (Å²) in [5, 5.41) is 0. The number of nitrogens with zero attached hydrogens (tertiary/aromatic N) is 1. The molecule has 4 N–H and O–H groups in total. The number of amides is 1. The quantitative estimate of drug-likeness (QED) is 0.780. The van der Waals surface area contributed by atoms with Gasteiger partial charge in [-0.2, -0.15) is 0 Å². The molecule has 0 saturated carbocycles. The number of carbonyl (C=O) groups excluding carboxylic acids is 1. The molecule has 0 radical (unpaired) electrons. The number of nitrogens with two attached hydrogens (primary N) is 2. The molecule has 2 atom stereocenters. The molecule has 0 saturated heterocycles. The second-order valence-electron chi connectivity index (χ2n) is 5.73. The van der Waals surface area contributed by atoms with E-state index < -0.39 is 6.04 Å². The van der Waals surface area contributed by atoms with Crippen LogP contribution in [0.1, 0.15) is 25.3 Å². The average molecular weight is 307 g/mol. The lowest BCUT2D eigenvalue weighted by Gasteiger charge is -2.27. The summed E-state index contributed by atoms with van der Waals surface area (Å²) < 4.78 is 10.7. The molecule has 22 heavy (non-hydrogen) atoms. The Balaban J connectivity index is 1.93. The molecule has 6 heteroatoms. The molecule has 1 aromatic carbocycles. The predicted molar refractivity (Wildman–Crippen MR) is 84.8 cm³/mol. The Kier molecular flexibility index (Phi) is 5.63. The van der Waals surface area contributed by atoms with E-state index in [2.05, 4.69) is 0 Å². The SMILES string of the molecule is CC(Cc1ccc2c(c1)OCO2)N(C)C(=O)C(N)CCCN. The van der Waals surface area contributed by atoms with Crippen molar-refractivity contribution >= 4 is 5.91 Å². The molecule has 0 spiro atoms. The molecular weight excluding hydrogens is 282 g/mol. The smallest absolute Gasteiger partial charge is 0.239 e. The minimum Gasteiger partial charge on any atom is -0.454 e. The molecule has 122 valence electrons. The molecule has 1 heterocycles. The summed E-state index contributed by atoms with van der Waals surface area (Å²) in [7, 11) is 1.79. The van der Waals surface area contributed by atoms with Crippen LogP contribution in [0.4, 0.5) is 0 Å². The molecule has 2 rings (SSSR count). The fourth-order valence-electron chi connectivity index (χ4n) is 2.49. The summed E-state index contributed by atoms with van der Waals surface area (Å²) in [5.74, 6) is 1.49. The number of rotatable bonds is 7. The zero-order valence-corrected chi connectivity index (χ0v) is 13.2. The first-order valence-corrected chi connectivity index (χ1v) is 7.63. The number of fused-ring (bicyclic) bond motifs is 1. The van der Waals surface area contributed by atoms with E-state index >= 15 is 0 Å². The monoisotopic (exact) mass is 307 g/mol. The zero-order valence-electron chi connectivity index (χ0n) is 13.2. The highest BCUT2D eigenvalue weighted by Crippen LogP contribution is 2.32. The van der Waals surface area contributed by atoms with Crippen LogP contribution in [0, 0.1) is 0 Å². The van der Waals surface area contributed by atoms with Crippen LogP contribution in [0.3, 0.4) is 0 Å². The number of benzene rings is 1. The van der Waals surface area contributed by atoms with Crippen LogP contribution in [0.15, 0.2) is 18.2 Å². The Morgan fingerprint density at radius 1 is 1.36 bits per heavy atom. The minimum atomic E-state index is -0.479. The lowest BCUT2D eigenvalue weighted by molar-refractivity contribution is -0.133. The van der Waals surface area contributed by atoms with Crippen molar-refractivity contribution in [3.63, 3.8) is 0 Å². The third-order valence-electron chi connectivity index (χ3n) is 4.01. The molecule has 6 nitrogen and oxygen atoms in total. The van der Waals surface area contributed by atoms with Gasteiger partial charge in [0, 0.05) is 13.1 Å². The molecule has 0 fully saturated rings. The van der Waals surface area contributed by atoms with Gasteiger partial charge in [0.15, 0.2) is 11.5 Å². The first kappa shape index (κ1) is 16.6. The Hall–Kier alpha value is -1.79. The van der Waals surface area contributed by atoms with Gasteiger partial charge in [-0.1, -0.05) is 6.07 Å². The molecule has 0 aliphatic carbocycles. The average Bonchev–Trinajstić information content (AvgIpc) is 2.98. The fourth-order valence-corrected chi connectivity index (χ4v) is 2.49. The Bertz CT molecular complexity index is 521. The van der Waals surface area contributed by atoms with Crippen LogP contribution in [-0.2, 0) is 11.2 Å². The Labute approximate surface area is 131 Å². The lowest BCUT2D eigenvalue weighted by Crippen LogP contribution is -2.46. The number of hydrogen-bond donors (Lipinski definition) is 2. The van der Waals surface area contributed by atoms with E-state index in [0.29, 0.717) is 13.0 Å². The highest BCUT2D eigenvalue weighted by Gasteiger charge is 2.22.